The van der Waals surface area contributed by atoms with Crippen molar-refractivity contribution in [2.75, 3.05) is 6.61 Å². The Morgan fingerprint density at radius 3 is 2.56 bits per heavy atom. The molecule has 4 N–H and O–H groups in total. The first-order chi connectivity index (χ1) is 19.1. The Bertz CT molecular complexity index is 1590. The molecule has 1 aromatic heterocycles. The molecule has 0 spiro atoms. The smallest absolute Gasteiger partial charge is 0.459 e. The summed E-state index contributed by atoms with van der Waals surface area (Å²) in [6.45, 7) is 4.31. The fourth-order valence-electron chi connectivity index (χ4n) is 4.30. The molecule has 0 saturated carbocycles. The SMILES string of the molecule is CC(C)OC(=O)C(C)NP(=O)(OC[C@@]1(F)O[C@@H](n2ccc(=O)[nH]c2=O)[C@](C)(O)[C@@H]1O)Oc1cccc2ccccc12. The number of aliphatic hydroxyl groups excluding tert-OH is 1. The van der Waals surface area contributed by atoms with E-state index in [9.17, 15) is 29.2 Å². The monoisotopic (exact) mass is 595 g/mol. The quantitative estimate of drug-likeness (QED) is 0.199. The minimum Gasteiger partial charge on any atom is -0.462 e. The Hall–Kier alpha value is -3.39. The number of rotatable bonds is 10. The standard InChI is InChI=1S/C26H31FN3O10P/c1-15(2)38-21(32)16(3)29-41(36,40-19-11-7-9-17-8-5-6-10-18(17)19)37-14-26(27)22(33)25(4,35)23(39-26)30-13-12-20(31)28-24(30)34/h5-13,15-16,22-23,33,35H,14H2,1-4H3,(H,29,36)(H,28,31,34)/t16?,22-,23+,25+,26+,41?/m0/s1. The molecule has 3 aromatic rings. The first kappa shape index (κ1) is 30.6. The van der Waals surface area contributed by atoms with Crippen LogP contribution in [0.25, 0.3) is 10.8 Å². The number of nitrogens with one attached hydrogen (secondary N) is 2. The highest BCUT2D eigenvalue weighted by Crippen LogP contribution is 2.51. The van der Waals surface area contributed by atoms with Crippen molar-refractivity contribution in [2.45, 2.75) is 63.6 Å². The summed E-state index contributed by atoms with van der Waals surface area (Å²) in [6, 6.07) is 11.6. The molecule has 1 saturated heterocycles. The predicted octanol–water partition coefficient (Wildman–Crippen LogP) is 2.13. The highest BCUT2D eigenvalue weighted by molar-refractivity contribution is 7.52. The molecule has 4 rings (SSSR count). The van der Waals surface area contributed by atoms with E-state index in [2.05, 4.69) is 5.09 Å². The zero-order valence-electron chi connectivity index (χ0n) is 22.6. The van der Waals surface area contributed by atoms with Crippen molar-refractivity contribution >= 4 is 24.5 Å². The van der Waals surface area contributed by atoms with Crippen molar-refractivity contribution in [3.8, 4) is 5.75 Å². The fourth-order valence-corrected chi connectivity index (χ4v) is 5.82. The molecule has 0 aliphatic carbocycles. The summed E-state index contributed by atoms with van der Waals surface area (Å²) < 4.78 is 52.3. The molecule has 2 aromatic carbocycles. The largest absolute Gasteiger partial charge is 0.462 e. The lowest BCUT2D eigenvalue weighted by atomic mass is 9.95. The van der Waals surface area contributed by atoms with Crippen LogP contribution in [0.15, 0.2) is 64.3 Å². The average Bonchev–Trinajstić information content (AvgIpc) is 3.07. The number of fused-ring (bicyclic) bond motifs is 1. The molecular formula is C26H31FN3O10P. The van der Waals surface area contributed by atoms with Gasteiger partial charge >= 0.3 is 19.4 Å². The van der Waals surface area contributed by atoms with E-state index in [-0.39, 0.29) is 5.75 Å². The molecule has 1 fully saturated rings. The van der Waals surface area contributed by atoms with Gasteiger partial charge in [0.1, 0.15) is 30.1 Å². The number of aromatic amines is 1. The van der Waals surface area contributed by atoms with Gasteiger partial charge in [-0.15, -0.1) is 0 Å². The van der Waals surface area contributed by atoms with E-state index >= 15 is 4.39 Å². The number of H-pyrrole nitrogens is 1. The van der Waals surface area contributed by atoms with Crippen molar-refractivity contribution in [1.82, 2.24) is 14.6 Å². The van der Waals surface area contributed by atoms with E-state index in [1.54, 1.807) is 50.2 Å². The number of aromatic nitrogens is 2. The van der Waals surface area contributed by atoms with Gasteiger partial charge in [0.05, 0.1) is 6.10 Å². The van der Waals surface area contributed by atoms with Gasteiger partial charge in [0.15, 0.2) is 6.23 Å². The number of carbonyl (C=O) groups excluding carboxylic acids is 1. The first-order valence-electron chi connectivity index (χ1n) is 12.6. The highest BCUT2D eigenvalue weighted by atomic mass is 31.2. The van der Waals surface area contributed by atoms with E-state index in [0.717, 1.165) is 24.6 Å². The number of carbonyl (C=O) groups is 1. The summed E-state index contributed by atoms with van der Waals surface area (Å²) in [5.41, 5.74) is -4.20. The lowest BCUT2D eigenvalue weighted by molar-refractivity contribution is -0.204. The van der Waals surface area contributed by atoms with E-state index in [0.29, 0.717) is 9.95 Å². The van der Waals surface area contributed by atoms with Crippen LogP contribution >= 0.6 is 7.75 Å². The van der Waals surface area contributed by atoms with Crippen molar-refractivity contribution in [2.24, 2.45) is 0 Å². The Labute approximate surface area is 233 Å². The number of benzene rings is 2. The van der Waals surface area contributed by atoms with Crippen LogP contribution < -0.4 is 20.9 Å². The molecule has 1 aliphatic heterocycles. The van der Waals surface area contributed by atoms with Crippen LogP contribution in [0.1, 0.15) is 33.9 Å². The molecule has 15 heteroatoms. The summed E-state index contributed by atoms with van der Waals surface area (Å²) in [4.78, 5) is 38.1. The maximum absolute atomic E-state index is 16.1. The number of esters is 1. The van der Waals surface area contributed by atoms with Crippen LogP contribution in [-0.4, -0.2) is 62.0 Å². The minimum atomic E-state index is -4.65. The molecule has 13 nitrogen and oxygen atoms in total. The third-order valence-electron chi connectivity index (χ3n) is 6.33. The summed E-state index contributed by atoms with van der Waals surface area (Å²) >= 11 is 0. The molecule has 1 aliphatic rings. The molecule has 41 heavy (non-hydrogen) atoms. The van der Waals surface area contributed by atoms with Gasteiger partial charge in [-0.05, 0) is 39.1 Å². The van der Waals surface area contributed by atoms with Crippen LogP contribution in [-0.2, 0) is 23.4 Å². The summed E-state index contributed by atoms with van der Waals surface area (Å²) in [6.07, 6.45) is -3.68. The van der Waals surface area contributed by atoms with E-state index in [4.69, 9.17) is 18.5 Å². The zero-order chi connectivity index (χ0) is 30.2. The van der Waals surface area contributed by atoms with Gasteiger partial charge in [-0.2, -0.15) is 5.09 Å². The van der Waals surface area contributed by atoms with Crippen molar-refractivity contribution in [3.05, 3.63) is 75.6 Å². The van der Waals surface area contributed by atoms with Gasteiger partial charge < -0.3 is 24.2 Å². The molecular weight excluding hydrogens is 564 g/mol. The number of aliphatic hydroxyl groups is 2. The molecule has 222 valence electrons. The normalized spacial score (nSPS) is 26.5. The number of nitrogens with zero attached hydrogens (tertiary/aromatic N) is 1. The van der Waals surface area contributed by atoms with Crippen LogP contribution in [0, 0.1) is 0 Å². The number of alkyl halides is 1. The van der Waals surface area contributed by atoms with Crippen molar-refractivity contribution in [1.29, 1.82) is 0 Å². The molecule has 2 unspecified atom stereocenters. The summed E-state index contributed by atoms with van der Waals surface area (Å²) in [5.74, 6) is -3.95. The lowest BCUT2D eigenvalue weighted by Crippen LogP contribution is -2.50. The Morgan fingerprint density at radius 2 is 1.88 bits per heavy atom. The van der Waals surface area contributed by atoms with Gasteiger partial charge in [0, 0.05) is 17.6 Å². The number of halogens is 1. The third kappa shape index (κ3) is 6.43. The van der Waals surface area contributed by atoms with E-state index in [1.807, 2.05) is 4.98 Å². The summed E-state index contributed by atoms with van der Waals surface area (Å²) in [5, 5.41) is 25.3. The number of hydrogen-bond donors (Lipinski definition) is 4. The van der Waals surface area contributed by atoms with Crippen LogP contribution in [0.5, 0.6) is 5.75 Å². The first-order valence-corrected chi connectivity index (χ1v) is 14.2. The van der Waals surface area contributed by atoms with Crippen LogP contribution in [0.3, 0.4) is 0 Å². The second kappa shape index (κ2) is 11.5. The molecule has 6 atom stereocenters. The van der Waals surface area contributed by atoms with Crippen molar-refractivity contribution < 1.29 is 42.5 Å². The lowest BCUT2D eigenvalue weighted by Gasteiger charge is -2.29. The minimum absolute atomic E-state index is 0.0776. The van der Waals surface area contributed by atoms with E-state index in [1.165, 1.54) is 13.0 Å². The maximum Gasteiger partial charge on any atom is 0.459 e. The topological polar surface area (TPSA) is 178 Å². The van der Waals surface area contributed by atoms with Crippen molar-refractivity contribution in [3.63, 3.8) is 0 Å². The van der Waals surface area contributed by atoms with Crippen LogP contribution in [0.4, 0.5) is 4.39 Å². The Kier molecular flexibility index (Phi) is 8.55. The van der Waals surface area contributed by atoms with Gasteiger partial charge in [0.2, 0.25) is 0 Å². The molecule has 2 heterocycles. The van der Waals surface area contributed by atoms with Gasteiger partial charge in [-0.3, -0.25) is 23.7 Å². The third-order valence-corrected chi connectivity index (χ3v) is 7.94. The average molecular weight is 596 g/mol. The zero-order valence-corrected chi connectivity index (χ0v) is 23.5. The van der Waals surface area contributed by atoms with E-state index < -0.39 is 67.5 Å². The Morgan fingerprint density at radius 1 is 1.20 bits per heavy atom. The predicted molar refractivity (Wildman–Crippen MR) is 144 cm³/mol. The van der Waals surface area contributed by atoms with Gasteiger partial charge in [-0.25, -0.2) is 13.8 Å². The number of hydrogen-bond acceptors (Lipinski definition) is 10. The van der Waals surface area contributed by atoms with Crippen LogP contribution in [0.2, 0.25) is 0 Å². The molecule has 0 radical (unpaired) electrons. The maximum atomic E-state index is 16.1. The molecule has 0 amide bonds. The summed E-state index contributed by atoms with van der Waals surface area (Å²) in [7, 11) is -4.65. The molecule has 0 bridgehead atoms. The van der Waals surface area contributed by atoms with Gasteiger partial charge in [0.25, 0.3) is 11.4 Å². The Balaban J connectivity index is 1.64. The van der Waals surface area contributed by atoms with Gasteiger partial charge in [-0.1, -0.05) is 36.4 Å². The highest BCUT2D eigenvalue weighted by Gasteiger charge is 2.63. The second-order valence-electron chi connectivity index (χ2n) is 10.1. The number of ether oxygens (including phenoxy) is 2. The fraction of sp³-hybridized carbons (Fsp3) is 0.423. The second-order valence-corrected chi connectivity index (χ2v) is 11.8.